The van der Waals surface area contributed by atoms with E-state index in [2.05, 4.69) is 15.1 Å². The van der Waals surface area contributed by atoms with Gasteiger partial charge in [-0.25, -0.2) is 4.39 Å². The summed E-state index contributed by atoms with van der Waals surface area (Å²) in [6.45, 7) is 4.34. The Morgan fingerprint density at radius 1 is 1.33 bits per heavy atom. The highest BCUT2D eigenvalue weighted by Crippen LogP contribution is 2.40. The van der Waals surface area contributed by atoms with Gasteiger partial charge in [-0.3, -0.25) is 10.00 Å². The van der Waals surface area contributed by atoms with Crippen molar-refractivity contribution in [2.45, 2.75) is 50.0 Å². The summed E-state index contributed by atoms with van der Waals surface area (Å²) < 4.78 is 19.5. The number of likely N-dealkylation sites (tertiary alicyclic amines) is 1. The minimum Gasteiger partial charge on any atom is -0.387 e. The first-order valence-corrected chi connectivity index (χ1v) is 9.45. The highest BCUT2D eigenvalue weighted by molar-refractivity contribution is 5.62. The minimum absolute atomic E-state index is 0.275. The molecule has 0 bridgehead atoms. The van der Waals surface area contributed by atoms with Gasteiger partial charge in [0.15, 0.2) is 0 Å². The van der Waals surface area contributed by atoms with Gasteiger partial charge in [-0.05, 0) is 31.9 Å². The number of aromatic nitrogens is 2. The van der Waals surface area contributed by atoms with Gasteiger partial charge in [-0.1, -0.05) is 12.1 Å². The first-order chi connectivity index (χ1) is 12.9. The van der Waals surface area contributed by atoms with Gasteiger partial charge in [0.1, 0.15) is 11.9 Å². The Balaban J connectivity index is 1.44. The van der Waals surface area contributed by atoms with Crippen molar-refractivity contribution < 1.29 is 19.3 Å². The fourth-order valence-corrected chi connectivity index (χ4v) is 4.32. The molecule has 1 aromatic heterocycles. The van der Waals surface area contributed by atoms with Crippen LogP contribution in [0.5, 0.6) is 0 Å². The number of nitrogens with zero attached hydrogens (tertiary/aromatic N) is 2. The van der Waals surface area contributed by atoms with Crippen molar-refractivity contribution in [3.63, 3.8) is 0 Å². The van der Waals surface area contributed by atoms with Gasteiger partial charge in [0.05, 0.1) is 29.7 Å². The lowest BCUT2D eigenvalue weighted by Crippen LogP contribution is -2.64. The summed E-state index contributed by atoms with van der Waals surface area (Å²) in [4.78, 5) is 2.28. The van der Waals surface area contributed by atoms with Crippen LogP contribution in [0.4, 0.5) is 4.39 Å². The highest BCUT2D eigenvalue weighted by atomic mass is 19.1. The molecule has 27 heavy (non-hydrogen) atoms. The fourth-order valence-electron chi connectivity index (χ4n) is 4.32. The molecule has 6 nitrogen and oxygen atoms in total. The zero-order valence-electron chi connectivity index (χ0n) is 15.5. The van der Waals surface area contributed by atoms with Crippen LogP contribution in [0.1, 0.15) is 31.7 Å². The summed E-state index contributed by atoms with van der Waals surface area (Å²) >= 11 is 0. The smallest absolute Gasteiger partial charge is 0.123 e. The maximum absolute atomic E-state index is 13.5. The monoisotopic (exact) mass is 375 g/mol. The van der Waals surface area contributed by atoms with Crippen molar-refractivity contribution in [2.24, 2.45) is 0 Å². The van der Waals surface area contributed by atoms with E-state index in [9.17, 15) is 14.6 Å². The second-order valence-electron chi connectivity index (χ2n) is 7.98. The number of aromatic amines is 1. The summed E-state index contributed by atoms with van der Waals surface area (Å²) in [6, 6.07) is 6.47. The zero-order valence-corrected chi connectivity index (χ0v) is 15.5. The quantitative estimate of drug-likeness (QED) is 0.765. The number of halogens is 1. The topological polar surface area (TPSA) is 81.6 Å². The van der Waals surface area contributed by atoms with Crippen LogP contribution in [0.15, 0.2) is 30.5 Å². The Labute approximate surface area is 158 Å². The van der Waals surface area contributed by atoms with Crippen LogP contribution in [0.2, 0.25) is 0 Å². The molecule has 0 unspecified atom stereocenters. The number of hydrogen-bond acceptors (Lipinski definition) is 5. The highest BCUT2D eigenvalue weighted by Gasteiger charge is 2.52. The van der Waals surface area contributed by atoms with Crippen LogP contribution in [0, 0.1) is 5.82 Å². The number of aliphatic hydroxyl groups excluding tert-OH is 1. The lowest BCUT2D eigenvalue weighted by atomic mass is 9.75. The van der Waals surface area contributed by atoms with Crippen LogP contribution in [0.3, 0.4) is 0 Å². The fraction of sp³-hybridized carbons (Fsp3) is 0.550. The average Bonchev–Trinajstić information content (AvgIpc) is 3.10. The molecule has 0 amide bonds. The SMILES string of the molecule is C[C@@]1(O)CCOC2(CCN(Cc3cn[nH]c3-c3cccc(F)c3)CC2)[C@H]1O. The number of H-pyrrole nitrogens is 1. The van der Waals surface area contributed by atoms with Gasteiger partial charge in [-0.15, -0.1) is 0 Å². The molecule has 2 saturated heterocycles. The molecule has 0 saturated carbocycles. The van der Waals surface area contributed by atoms with E-state index in [1.165, 1.54) is 12.1 Å². The van der Waals surface area contributed by atoms with E-state index in [-0.39, 0.29) is 5.82 Å². The Morgan fingerprint density at radius 2 is 2.11 bits per heavy atom. The Morgan fingerprint density at radius 3 is 2.85 bits per heavy atom. The van der Waals surface area contributed by atoms with Crippen molar-refractivity contribution in [1.29, 1.82) is 0 Å². The summed E-state index contributed by atoms with van der Waals surface area (Å²) in [7, 11) is 0. The molecular weight excluding hydrogens is 349 g/mol. The predicted octanol–water partition coefficient (Wildman–Crippen LogP) is 2.08. The maximum atomic E-state index is 13.5. The Bertz CT molecular complexity index is 799. The van der Waals surface area contributed by atoms with Crippen molar-refractivity contribution in [2.75, 3.05) is 19.7 Å². The number of piperidine rings is 1. The van der Waals surface area contributed by atoms with Crippen LogP contribution in [-0.2, 0) is 11.3 Å². The molecule has 1 spiro atoms. The van der Waals surface area contributed by atoms with Crippen LogP contribution < -0.4 is 0 Å². The van der Waals surface area contributed by atoms with E-state index in [1.54, 1.807) is 19.2 Å². The van der Waals surface area contributed by atoms with E-state index in [1.807, 2.05) is 6.07 Å². The standard InChI is InChI=1S/C20H26FN3O3/c1-19(26)7-10-27-20(18(19)25)5-8-24(9-6-20)13-15-12-22-23-17(15)14-3-2-4-16(21)11-14/h2-4,11-12,18,25-26H,5-10,13H2,1H3,(H,22,23)/t18-,19+/m0/s1. The van der Waals surface area contributed by atoms with Crippen molar-refractivity contribution in [1.82, 2.24) is 15.1 Å². The number of ether oxygens (including phenoxy) is 1. The van der Waals surface area contributed by atoms with Gasteiger partial charge >= 0.3 is 0 Å². The molecule has 2 atom stereocenters. The molecule has 3 heterocycles. The van der Waals surface area contributed by atoms with Crippen LogP contribution in [-0.4, -0.2) is 62.3 Å². The maximum Gasteiger partial charge on any atom is 0.123 e. The Kier molecular flexibility index (Phi) is 4.80. The molecule has 2 aliphatic heterocycles. The molecule has 146 valence electrons. The first kappa shape index (κ1) is 18.6. The molecule has 4 rings (SSSR count). The largest absolute Gasteiger partial charge is 0.387 e. The number of hydrogen-bond donors (Lipinski definition) is 3. The zero-order chi connectivity index (χ0) is 19.1. The number of benzene rings is 1. The molecule has 2 fully saturated rings. The molecule has 1 aromatic carbocycles. The van der Waals surface area contributed by atoms with Gasteiger partial charge in [0.25, 0.3) is 0 Å². The number of aliphatic hydroxyl groups is 2. The van der Waals surface area contributed by atoms with Gasteiger partial charge < -0.3 is 14.9 Å². The van der Waals surface area contributed by atoms with E-state index in [0.29, 0.717) is 32.4 Å². The molecule has 2 aliphatic rings. The second kappa shape index (κ2) is 6.98. The van der Waals surface area contributed by atoms with Gasteiger partial charge in [0, 0.05) is 37.2 Å². The molecule has 0 radical (unpaired) electrons. The van der Waals surface area contributed by atoms with Crippen molar-refractivity contribution in [3.8, 4) is 11.3 Å². The third kappa shape index (κ3) is 3.52. The van der Waals surface area contributed by atoms with Gasteiger partial charge in [-0.2, -0.15) is 5.10 Å². The molecule has 0 aliphatic carbocycles. The van der Waals surface area contributed by atoms with E-state index in [0.717, 1.165) is 29.9 Å². The lowest BCUT2D eigenvalue weighted by molar-refractivity contribution is -0.246. The second-order valence-corrected chi connectivity index (χ2v) is 7.98. The molecular formula is C20H26FN3O3. The van der Waals surface area contributed by atoms with E-state index >= 15 is 0 Å². The normalized spacial score (nSPS) is 28.5. The van der Waals surface area contributed by atoms with Crippen LogP contribution in [0.25, 0.3) is 11.3 Å². The van der Waals surface area contributed by atoms with E-state index in [4.69, 9.17) is 4.74 Å². The summed E-state index contributed by atoms with van der Waals surface area (Å²) in [5.41, 5.74) is 0.841. The van der Waals surface area contributed by atoms with Crippen molar-refractivity contribution in [3.05, 3.63) is 41.8 Å². The average molecular weight is 375 g/mol. The Hall–Kier alpha value is -1.80. The first-order valence-electron chi connectivity index (χ1n) is 9.45. The number of nitrogens with one attached hydrogen (secondary N) is 1. The number of rotatable bonds is 3. The minimum atomic E-state index is -1.10. The van der Waals surface area contributed by atoms with E-state index < -0.39 is 17.3 Å². The summed E-state index contributed by atoms with van der Waals surface area (Å²) in [5, 5.41) is 28.2. The summed E-state index contributed by atoms with van der Waals surface area (Å²) in [6.07, 6.45) is 2.68. The summed E-state index contributed by atoms with van der Waals surface area (Å²) in [5.74, 6) is -0.275. The molecule has 2 aromatic rings. The van der Waals surface area contributed by atoms with Crippen molar-refractivity contribution >= 4 is 0 Å². The van der Waals surface area contributed by atoms with Gasteiger partial charge in [0.2, 0.25) is 0 Å². The third-order valence-electron chi connectivity index (χ3n) is 6.01. The predicted molar refractivity (Wildman–Crippen MR) is 98.4 cm³/mol. The lowest BCUT2D eigenvalue weighted by Gasteiger charge is -2.51. The van der Waals surface area contributed by atoms with Crippen LogP contribution >= 0.6 is 0 Å². The third-order valence-corrected chi connectivity index (χ3v) is 6.01. The molecule has 7 heteroatoms. The molecule has 3 N–H and O–H groups in total.